The molecule has 0 aliphatic rings. The van der Waals surface area contributed by atoms with Gasteiger partial charge in [-0.05, 0) is 37.1 Å². The largest absolute Gasteiger partial charge is 0.493 e. The van der Waals surface area contributed by atoms with Gasteiger partial charge in [-0.3, -0.25) is 9.59 Å². The number of nitrogens with zero attached hydrogens (tertiary/aromatic N) is 1. The molecule has 0 heterocycles. The second kappa shape index (κ2) is 10.3. The maximum absolute atomic E-state index is 12.9. The number of hydrogen-bond acceptors (Lipinski definition) is 5. The van der Waals surface area contributed by atoms with Gasteiger partial charge in [0.15, 0.2) is 11.5 Å². The van der Waals surface area contributed by atoms with Crippen molar-refractivity contribution in [2.75, 3.05) is 27.4 Å². The lowest BCUT2D eigenvalue weighted by molar-refractivity contribution is -0.149. The molecule has 0 unspecified atom stereocenters. The number of esters is 1. The lowest BCUT2D eigenvalue weighted by Gasteiger charge is -2.22. The number of ether oxygens (including phenoxy) is 3. The molecule has 150 valence electrons. The fourth-order valence-corrected chi connectivity index (χ4v) is 2.79. The Morgan fingerprint density at radius 2 is 1.57 bits per heavy atom. The number of carbonyl (C=O) groups is 2. The average Bonchev–Trinajstić information content (AvgIpc) is 2.69. The first-order valence-corrected chi connectivity index (χ1v) is 9.16. The van der Waals surface area contributed by atoms with Gasteiger partial charge in [0.1, 0.15) is 6.54 Å². The molecule has 1 amide bonds. The minimum absolute atomic E-state index is 0.0894. The minimum atomic E-state index is -0.421. The number of aryl methyl sites for hydroxylation is 1. The van der Waals surface area contributed by atoms with E-state index in [0.717, 1.165) is 16.7 Å². The van der Waals surface area contributed by atoms with Gasteiger partial charge in [-0.2, -0.15) is 0 Å². The van der Waals surface area contributed by atoms with E-state index >= 15 is 0 Å². The van der Waals surface area contributed by atoms with Crippen LogP contribution in [-0.4, -0.2) is 44.1 Å². The number of benzene rings is 2. The highest BCUT2D eigenvalue weighted by atomic mass is 16.5. The van der Waals surface area contributed by atoms with Gasteiger partial charge in [0.05, 0.1) is 27.2 Å². The van der Waals surface area contributed by atoms with Crippen molar-refractivity contribution in [1.82, 2.24) is 4.90 Å². The maximum Gasteiger partial charge on any atom is 0.325 e. The average molecular weight is 385 g/mol. The van der Waals surface area contributed by atoms with Gasteiger partial charge in [-0.15, -0.1) is 0 Å². The van der Waals surface area contributed by atoms with E-state index in [4.69, 9.17) is 14.2 Å². The Hall–Kier alpha value is -3.02. The molecule has 2 aromatic rings. The van der Waals surface area contributed by atoms with E-state index in [2.05, 4.69) is 0 Å². The molecule has 0 atom stereocenters. The van der Waals surface area contributed by atoms with Gasteiger partial charge in [-0.25, -0.2) is 0 Å². The van der Waals surface area contributed by atoms with Crippen LogP contribution in [0, 0.1) is 6.92 Å². The van der Waals surface area contributed by atoms with Gasteiger partial charge >= 0.3 is 5.97 Å². The van der Waals surface area contributed by atoms with Crippen LogP contribution in [0.25, 0.3) is 0 Å². The standard InChI is InChI=1S/C22H27NO5/c1-5-28-22(25)15-23(14-17-8-6-16(2)7-9-17)21(24)13-18-10-11-19(26-3)20(12-18)27-4/h6-12H,5,13-15H2,1-4H3. The van der Waals surface area contributed by atoms with Gasteiger partial charge in [0, 0.05) is 6.54 Å². The Labute approximate surface area is 166 Å². The third-order valence-electron chi connectivity index (χ3n) is 4.28. The van der Waals surface area contributed by atoms with Gasteiger partial charge < -0.3 is 19.1 Å². The Morgan fingerprint density at radius 3 is 2.18 bits per heavy atom. The lowest BCUT2D eigenvalue weighted by atomic mass is 10.1. The topological polar surface area (TPSA) is 65.1 Å². The molecule has 2 rings (SSSR count). The Balaban J connectivity index is 2.17. The lowest BCUT2D eigenvalue weighted by Crippen LogP contribution is -2.37. The second-order valence-electron chi connectivity index (χ2n) is 6.41. The molecule has 2 aromatic carbocycles. The fraction of sp³-hybridized carbons (Fsp3) is 0.364. The smallest absolute Gasteiger partial charge is 0.325 e. The summed E-state index contributed by atoms with van der Waals surface area (Å²) in [6, 6.07) is 13.2. The SMILES string of the molecule is CCOC(=O)CN(Cc1ccc(C)cc1)C(=O)Cc1ccc(OC)c(OC)c1. The molecule has 0 aliphatic carbocycles. The van der Waals surface area contributed by atoms with Crippen molar-refractivity contribution in [2.45, 2.75) is 26.8 Å². The summed E-state index contributed by atoms with van der Waals surface area (Å²) < 4.78 is 15.6. The molecular weight excluding hydrogens is 358 g/mol. The van der Waals surface area contributed by atoms with Crippen LogP contribution in [0.5, 0.6) is 11.5 Å². The monoisotopic (exact) mass is 385 g/mol. The predicted molar refractivity (Wildman–Crippen MR) is 106 cm³/mol. The summed E-state index contributed by atoms with van der Waals surface area (Å²) >= 11 is 0. The first-order chi connectivity index (χ1) is 13.5. The zero-order chi connectivity index (χ0) is 20.5. The molecule has 6 nitrogen and oxygen atoms in total. The van der Waals surface area contributed by atoms with E-state index in [9.17, 15) is 9.59 Å². The van der Waals surface area contributed by atoms with E-state index in [-0.39, 0.29) is 25.5 Å². The molecule has 0 bridgehead atoms. The molecule has 0 radical (unpaired) electrons. The first-order valence-electron chi connectivity index (χ1n) is 9.16. The third kappa shape index (κ3) is 6.01. The number of carbonyl (C=O) groups excluding carboxylic acids is 2. The van der Waals surface area contributed by atoms with Crippen molar-refractivity contribution in [2.24, 2.45) is 0 Å². The molecule has 0 saturated heterocycles. The number of rotatable bonds is 9. The molecule has 28 heavy (non-hydrogen) atoms. The molecule has 0 aliphatic heterocycles. The van der Waals surface area contributed by atoms with Crippen molar-refractivity contribution in [3.63, 3.8) is 0 Å². The van der Waals surface area contributed by atoms with E-state index in [1.807, 2.05) is 37.3 Å². The molecular formula is C22H27NO5. The Bertz CT molecular complexity index is 801. The van der Waals surface area contributed by atoms with E-state index < -0.39 is 5.97 Å². The second-order valence-corrected chi connectivity index (χ2v) is 6.41. The molecule has 0 fully saturated rings. The summed E-state index contributed by atoms with van der Waals surface area (Å²) in [4.78, 5) is 26.4. The predicted octanol–water partition coefficient (Wildman–Crippen LogP) is 3.15. The summed E-state index contributed by atoms with van der Waals surface area (Å²) in [7, 11) is 3.11. The molecule has 0 saturated carbocycles. The zero-order valence-electron chi connectivity index (χ0n) is 16.9. The first kappa shape index (κ1) is 21.3. The number of hydrogen-bond donors (Lipinski definition) is 0. The van der Waals surface area contributed by atoms with Crippen LogP contribution in [-0.2, 0) is 27.3 Å². The van der Waals surface area contributed by atoms with Crippen LogP contribution in [0.4, 0.5) is 0 Å². The van der Waals surface area contributed by atoms with E-state index in [0.29, 0.717) is 18.0 Å². The van der Waals surface area contributed by atoms with Crippen LogP contribution in [0.15, 0.2) is 42.5 Å². The minimum Gasteiger partial charge on any atom is -0.493 e. The Morgan fingerprint density at radius 1 is 0.929 bits per heavy atom. The number of methoxy groups -OCH3 is 2. The Kier molecular flexibility index (Phi) is 7.87. The van der Waals surface area contributed by atoms with Crippen LogP contribution >= 0.6 is 0 Å². The number of amides is 1. The summed E-state index contributed by atoms with van der Waals surface area (Å²) in [6.45, 7) is 4.27. The van der Waals surface area contributed by atoms with Crippen LogP contribution in [0.1, 0.15) is 23.6 Å². The quantitative estimate of drug-likeness (QED) is 0.621. The van der Waals surface area contributed by atoms with Crippen LogP contribution < -0.4 is 9.47 Å². The third-order valence-corrected chi connectivity index (χ3v) is 4.28. The summed E-state index contributed by atoms with van der Waals surface area (Å²) in [6.07, 6.45) is 0.144. The highest BCUT2D eigenvalue weighted by Crippen LogP contribution is 2.28. The zero-order valence-corrected chi connectivity index (χ0v) is 16.9. The van der Waals surface area contributed by atoms with Crippen LogP contribution in [0.3, 0.4) is 0 Å². The van der Waals surface area contributed by atoms with Gasteiger partial charge in [-0.1, -0.05) is 35.9 Å². The van der Waals surface area contributed by atoms with Crippen LogP contribution in [0.2, 0.25) is 0 Å². The van der Waals surface area contributed by atoms with Crippen molar-refractivity contribution in [1.29, 1.82) is 0 Å². The van der Waals surface area contributed by atoms with Gasteiger partial charge in [0.25, 0.3) is 0 Å². The van der Waals surface area contributed by atoms with E-state index in [1.165, 1.54) is 4.90 Å². The summed E-state index contributed by atoms with van der Waals surface area (Å²) in [5.74, 6) is 0.570. The van der Waals surface area contributed by atoms with Crippen molar-refractivity contribution in [3.05, 3.63) is 59.2 Å². The summed E-state index contributed by atoms with van der Waals surface area (Å²) in [5, 5.41) is 0. The molecule has 6 heteroatoms. The molecule has 0 aromatic heterocycles. The van der Waals surface area contributed by atoms with Gasteiger partial charge in [0.2, 0.25) is 5.91 Å². The van der Waals surface area contributed by atoms with Crippen molar-refractivity contribution >= 4 is 11.9 Å². The fourth-order valence-electron chi connectivity index (χ4n) is 2.79. The molecule has 0 spiro atoms. The highest BCUT2D eigenvalue weighted by Gasteiger charge is 2.19. The van der Waals surface area contributed by atoms with E-state index in [1.54, 1.807) is 33.3 Å². The normalized spacial score (nSPS) is 10.3. The molecule has 0 N–H and O–H groups in total. The summed E-state index contributed by atoms with van der Waals surface area (Å²) in [5.41, 5.74) is 2.87. The van der Waals surface area contributed by atoms with Crippen molar-refractivity contribution in [3.8, 4) is 11.5 Å². The highest BCUT2D eigenvalue weighted by molar-refractivity contribution is 5.83. The maximum atomic E-state index is 12.9. The van der Waals surface area contributed by atoms with Crippen molar-refractivity contribution < 1.29 is 23.8 Å².